The number of guanidine groups is 1. The summed E-state index contributed by atoms with van der Waals surface area (Å²) in [5, 5.41) is 3.43. The minimum atomic E-state index is 0.741. The molecule has 1 saturated heterocycles. The Bertz CT molecular complexity index is 748. The quantitative estimate of drug-likeness (QED) is 0.600. The molecule has 27 heavy (non-hydrogen) atoms. The molecule has 3 rings (SSSR count). The minimum absolute atomic E-state index is 0.741. The van der Waals surface area contributed by atoms with Gasteiger partial charge in [-0.1, -0.05) is 12.1 Å². The van der Waals surface area contributed by atoms with E-state index in [2.05, 4.69) is 58.9 Å². The van der Waals surface area contributed by atoms with Crippen LogP contribution in [0, 0.1) is 12.8 Å². The lowest BCUT2D eigenvalue weighted by Gasteiger charge is -2.27. The molecule has 0 unspecified atom stereocenters. The van der Waals surface area contributed by atoms with Crippen LogP contribution in [-0.4, -0.2) is 60.3 Å². The molecule has 2 heterocycles. The van der Waals surface area contributed by atoms with Gasteiger partial charge in [-0.25, -0.2) is 4.98 Å². The number of aliphatic imine (C=N–C) groups is 1. The highest BCUT2D eigenvalue weighted by molar-refractivity contribution is 5.79. The average Bonchev–Trinajstić information content (AvgIpc) is 3.01. The minimum Gasteiger partial charge on any atom is -0.381 e. The monoisotopic (exact) mass is 371 g/mol. The van der Waals surface area contributed by atoms with E-state index in [1.165, 1.54) is 24.8 Å². The van der Waals surface area contributed by atoms with Gasteiger partial charge in [0.15, 0.2) is 5.96 Å². The van der Waals surface area contributed by atoms with E-state index in [9.17, 15) is 0 Å². The van der Waals surface area contributed by atoms with Gasteiger partial charge < -0.3 is 19.5 Å². The highest BCUT2D eigenvalue weighted by Gasteiger charge is 2.15. The second kappa shape index (κ2) is 9.74. The average molecular weight is 372 g/mol. The van der Waals surface area contributed by atoms with E-state index in [-0.39, 0.29) is 0 Å². The van der Waals surface area contributed by atoms with Crippen molar-refractivity contribution in [1.82, 2.24) is 19.8 Å². The molecule has 1 fully saturated rings. The van der Waals surface area contributed by atoms with E-state index in [0.717, 1.165) is 62.6 Å². The molecule has 6 heteroatoms. The molecule has 0 radical (unpaired) electrons. The predicted molar refractivity (Wildman–Crippen MR) is 111 cm³/mol. The number of hydrogen-bond donors (Lipinski definition) is 1. The Morgan fingerprint density at radius 3 is 2.89 bits per heavy atom. The van der Waals surface area contributed by atoms with Crippen LogP contribution < -0.4 is 5.32 Å². The number of hydrogen-bond acceptors (Lipinski definition) is 3. The number of imidazole rings is 1. The molecule has 2 aromatic rings. The van der Waals surface area contributed by atoms with Crippen molar-refractivity contribution in [2.45, 2.75) is 39.7 Å². The molecule has 1 aliphatic heterocycles. The zero-order valence-electron chi connectivity index (χ0n) is 16.9. The number of aromatic nitrogens is 2. The summed E-state index contributed by atoms with van der Waals surface area (Å²) in [5.41, 5.74) is 2.24. The molecule has 6 nitrogen and oxygen atoms in total. The topological polar surface area (TPSA) is 54.7 Å². The van der Waals surface area contributed by atoms with Crippen LogP contribution in [0.4, 0.5) is 0 Å². The molecule has 0 bridgehead atoms. The number of rotatable bonds is 7. The van der Waals surface area contributed by atoms with Crippen molar-refractivity contribution in [2.24, 2.45) is 10.9 Å². The van der Waals surface area contributed by atoms with E-state index in [1.807, 2.05) is 6.07 Å². The molecular formula is C21H33N5O. The van der Waals surface area contributed by atoms with Crippen LogP contribution in [0.3, 0.4) is 0 Å². The third-order valence-electron chi connectivity index (χ3n) is 5.34. The molecule has 1 aromatic carbocycles. The first kappa shape index (κ1) is 19.7. The van der Waals surface area contributed by atoms with Crippen molar-refractivity contribution in [3.8, 4) is 0 Å². The van der Waals surface area contributed by atoms with Gasteiger partial charge in [0.05, 0.1) is 17.6 Å². The highest BCUT2D eigenvalue weighted by atomic mass is 16.5. The predicted octanol–water partition coefficient (Wildman–Crippen LogP) is 3.06. The van der Waals surface area contributed by atoms with E-state index < -0.39 is 0 Å². The van der Waals surface area contributed by atoms with Crippen LogP contribution in [0.2, 0.25) is 0 Å². The zero-order chi connectivity index (χ0) is 19.1. The SMILES string of the molecule is CCNC(=NCCn1c(C)nc2ccccc21)N(C)CCC1CCOCC1. The lowest BCUT2D eigenvalue weighted by molar-refractivity contribution is 0.0625. The lowest BCUT2D eigenvalue weighted by Crippen LogP contribution is -2.40. The van der Waals surface area contributed by atoms with Gasteiger partial charge in [-0.3, -0.25) is 4.99 Å². The Balaban J connectivity index is 1.58. The zero-order valence-corrected chi connectivity index (χ0v) is 16.9. The largest absolute Gasteiger partial charge is 0.381 e. The molecule has 1 aliphatic rings. The number of nitrogens with zero attached hydrogens (tertiary/aromatic N) is 4. The fraction of sp³-hybridized carbons (Fsp3) is 0.619. The molecule has 148 valence electrons. The summed E-state index contributed by atoms with van der Waals surface area (Å²) >= 11 is 0. The molecule has 0 amide bonds. The first-order valence-corrected chi connectivity index (χ1v) is 10.2. The summed E-state index contributed by atoms with van der Waals surface area (Å²) in [6, 6.07) is 8.30. The first-order chi connectivity index (χ1) is 13.2. The fourth-order valence-corrected chi connectivity index (χ4v) is 3.72. The number of para-hydroxylation sites is 2. The molecule has 0 saturated carbocycles. The van der Waals surface area contributed by atoms with Crippen molar-refractivity contribution < 1.29 is 4.74 Å². The van der Waals surface area contributed by atoms with E-state index >= 15 is 0 Å². The third-order valence-corrected chi connectivity index (χ3v) is 5.34. The van der Waals surface area contributed by atoms with Crippen LogP contribution in [-0.2, 0) is 11.3 Å². The van der Waals surface area contributed by atoms with E-state index in [0.29, 0.717) is 0 Å². The number of ether oxygens (including phenoxy) is 1. The molecule has 0 spiro atoms. The first-order valence-electron chi connectivity index (χ1n) is 10.2. The van der Waals surface area contributed by atoms with Gasteiger partial charge >= 0.3 is 0 Å². The van der Waals surface area contributed by atoms with Crippen molar-refractivity contribution in [3.63, 3.8) is 0 Å². The third kappa shape index (κ3) is 5.22. The lowest BCUT2D eigenvalue weighted by atomic mass is 9.96. The van der Waals surface area contributed by atoms with Crippen molar-refractivity contribution in [1.29, 1.82) is 0 Å². The molecule has 0 aliphatic carbocycles. The molecular weight excluding hydrogens is 338 g/mol. The van der Waals surface area contributed by atoms with Crippen LogP contribution in [0.1, 0.15) is 32.0 Å². The summed E-state index contributed by atoms with van der Waals surface area (Å²) in [4.78, 5) is 11.8. The number of nitrogens with one attached hydrogen (secondary N) is 1. The second-order valence-electron chi connectivity index (χ2n) is 7.30. The number of benzene rings is 1. The van der Waals surface area contributed by atoms with Crippen LogP contribution in [0.15, 0.2) is 29.3 Å². The summed E-state index contributed by atoms with van der Waals surface area (Å²) in [6.45, 7) is 9.52. The Kier molecular flexibility index (Phi) is 7.10. The van der Waals surface area contributed by atoms with E-state index in [4.69, 9.17) is 9.73 Å². The van der Waals surface area contributed by atoms with Gasteiger partial charge in [0, 0.05) is 39.9 Å². The maximum Gasteiger partial charge on any atom is 0.193 e. The summed E-state index contributed by atoms with van der Waals surface area (Å²) < 4.78 is 7.72. The summed E-state index contributed by atoms with van der Waals surface area (Å²) in [7, 11) is 2.14. The summed E-state index contributed by atoms with van der Waals surface area (Å²) in [5.74, 6) is 2.82. The Labute approximate surface area is 162 Å². The molecule has 0 atom stereocenters. The van der Waals surface area contributed by atoms with Crippen molar-refractivity contribution in [2.75, 3.05) is 39.9 Å². The molecule has 1 N–H and O–H groups in total. The maximum absolute atomic E-state index is 5.46. The smallest absolute Gasteiger partial charge is 0.193 e. The van der Waals surface area contributed by atoms with Gasteiger partial charge in [0.1, 0.15) is 5.82 Å². The van der Waals surface area contributed by atoms with Crippen LogP contribution >= 0.6 is 0 Å². The van der Waals surface area contributed by atoms with Gasteiger partial charge in [-0.05, 0) is 51.2 Å². The van der Waals surface area contributed by atoms with Gasteiger partial charge in [0.25, 0.3) is 0 Å². The van der Waals surface area contributed by atoms with Crippen molar-refractivity contribution >= 4 is 17.0 Å². The van der Waals surface area contributed by atoms with Crippen molar-refractivity contribution in [3.05, 3.63) is 30.1 Å². The normalized spacial score (nSPS) is 16.0. The fourth-order valence-electron chi connectivity index (χ4n) is 3.72. The standard InChI is InChI=1S/C21H33N5O/c1-4-22-21(25(3)13-9-18-10-15-27-16-11-18)23-12-14-26-17(2)24-19-7-5-6-8-20(19)26/h5-8,18H,4,9-16H2,1-3H3,(H,22,23). The van der Waals surface area contributed by atoms with Gasteiger partial charge in [0.2, 0.25) is 0 Å². The Morgan fingerprint density at radius 1 is 1.33 bits per heavy atom. The van der Waals surface area contributed by atoms with E-state index in [1.54, 1.807) is 0 Å². The number of fused-ring (bicyclic) bond motifs is 1. The van der Waals surface area contributed by atoms with Gasteiger partial charge in [-0.15, -0.1) is 0 Å². The summed E-state index contributed by atoms with van der Waals surface area (Å²) in [6.07, 6.45) is 3.58. The second-order valence-corrected chi connectivity index (χ2v) is 7.30. The van der Waals surface area contributed by atoms with Crippen LogP contribution in [0.5, 0.6) is 0 Å². The molecule has 1 aromatic heterocycles. The van der Waals surface area contributed by atoms with Crippen LogP contribution in [0.25, 0.3) is 11.0 Å². The Morgan fingerprint density at radius 2 is 2.11 bits per heavy atom. The number of aryl methyl sites for hydroxylation is 1. The highest BCUT2D eigenvalue weighted by Crippen LogP contribution is 2.18. The maximum atomic E-state index is 5.46. The van der Waals surface area contributed by atoms with Gasteiger partial charge in [-0.2, -0.15) is 0 Å². The Hall–Kier alpha value is -2.08.